The van der Waals surface area contributed by atoms with Gasteiger partial charge in [0.2, 0.25) is 0 Å². The molecule has 1 rings (SSSR count). The standard InChI is InChI=1S/C11H16N4O2/c1-2-3-6-13-11(16)9-5-4-8(7-14-9)10(12)15-17/h4-5,7,17H,2-3,6H2,1H3,(H2,12,15)(H,13,16). The van der Waals surface area contributed by atoms with Gasteiger partial charge in [-0.15, -0.1) is 0 Å². The van der Waals surface area contributed by atoms with Crippen LogP contribution in [0.4, 0.5) is 0 Å². The average molecular weight is 236 g/mol. The van der Waals surface area contributed by atoms with Crippen LogP contribution in [0.5, 0.6) is 0 Å². The number of hydrogen-bond acceptors (Lipinski definition) is 4. The number of carbonyl (C=O) groups is 1. The molecule has 0 radical (unpaired) electrons. The molecule has 0 aliphatic rings. The Bertz CT molecular complexity index is 400. The molecular weight excluding hydrogens is 220 g/mol. The number of nitrogens with two attached hydrogens (primary N) is 1. The number of nitrogens with one attached hydrogen (secondary N) is 1. The van der Waals surface area contributed by atoms with Crippen molar-refractivity contribution in [1.82, 2.24) is 10.3 Å². The highest BCUT2D eigenvalue weighted by Gasteiger charge is 2.07. The Balaban J connectivity index is 2.64. The predicted molar refractivity (Wildman–Crippen MR) is 64.0 cm³/mol. The third-order valence-corrected chi connectivity index (χ3v) is 2.22. The Hall–Kier alpha value is -2.11. The lowest BCUT2D eigenvalue weighted by Gasteiger charge is -2.04. The van der Waals surface area contributed by atoms with Gasteiger partial charge in [0.15, 0.2) is 5.84 Å². The van der Waals surface area contributed by atoms with E-state index in [4.69, 9.17) is 10.9 Å². The number of aromatic nitrogens is 1. The number of oxime groups is 1. The topological polar surface area (TPSA) is 101 Å². The second-order valence-electron chi connectivity index (χ2n) is 3.53. The van der Waals surface area contributed by atoms with Crippen molar-refractivity contribution in [3.63, 3.8) is 0 Å². The van der Waals surface area contributed by atoms with Crippen LogP contribution in [0.1, 0.15) is 35.8 Å². The molecule has 0 saturated heterocycles. The minimum atomic E-state index is -0.218. The normalized spacial score (nSPS) is 11.2. The Morgan fingerprint density at radius 3 is 2.88 bits per heavy atom. The summed E-state index contributed by atoms with van der Waals surface area (Å²) in [5.74, 6) is -0.250. The van der Waals surface area contributed by atoms with Crippen LogP contribution in [0.15, 0.2) is 23.5 Å². The van der Waals surface area contributed by atoms with Crippen LogP contribution in [-0.2, 0) is 0 Å². The second-order valence-corrected chi connectivity index (χ2v) is 3.53. The smallest absolute Gasteiger partial charge is 0.269 e. The maximum absolute atomic E-state index is 11.6. The van der Waals surface area contributed by atoms with Crippen molar-refractivity contribution in [2.75, 3.05) is 6.54 Å². The molecule has 1 aromatic rings. The van der Waals surface area contributed by atoms with Crippen LogP contribution in [0, 0.1) is 0 Å². The summed E-state index contributed by atoms with van der Waals surface area (Å²) in [6.07, 6.45) is 3.36. The van der Waals surface area contributed by atoms with Crippen molar-refractivity contribution in [3.05, 3.63) is 29.6 Å². The molecule has 1 aromatic heterocycles. The Morgan fingerprint density at radius 2 is 2.35 bits per heavy atom. The first kappa shape index (κ1) is 13.0. The lowest BCUT2D eigenvalue weighted by atomic mass is 10.2. The molecule has 0 aliphatic heterocycles. The summed E-state index contributed by atoms with van der Waals surface area (Å²) in [6, 6.07) is 3.12. The molecule has 6 nitrogen and oxygen atoms in total. The van der Waals surface area contributed by atoms with Gasteiger partial charge in [0, 0.05) is 18.3 Å². The number of amidine groups is 1. The first-order valence-electron chi connectivity index (χ1n) is 5.41. The van der Waals surface area contributed by atoms with E-state index in [9.17, 15) is 4.79 Å². The highest BCUT2D eigenvalue weighted by Crippen LogP contribution is 2.00. The van der Waals surface area contributed by atoms with Crippen LogP contribution >= 0.6 is 0 Å². The van der Waals surface area contributed by atoms with Crippen LogP contribution in [0.3, 0.4) is 0 Å². The molecular formula is C11H16N4O2. The van der Waals surface area contributed by atoms with Crippen molar-refractivity contribution < 1.29 is 10.0 Å². The molecule has 0 bridgehead atoms. The van der Waals surface area contributed by atoms with Gasteiger partial charge in [0.1, 0.15) is 5.69 Å². The van der Waals surface area contributed by atoms with E-state index in [1.807, 2.05) is 0 Å². The first-order valence-corrected chi connectivity index (χ1v) is 5.41. The number of pyridine rings is 1. The molecule has 1 heterocycles. The van der Waals surface area contributed by atoms with Crippen LogP contribution in [0.25, 0.3) is 0 Å². The number of carbonyl (C=O) groups excluding carboxylic acids is 1. The van der Waals surface area contributed by atoms with E-state index >= 15 is 0 Å². The van der Waals surface area contributed by atoms with E-state index in [0.717, 1.165) is 12.8 Å². The number of unbranched alkanes of at least 4 members (excludes halogenated alkanes) is 1. The van der Waals surface area contributed by atoms with E-state index in [0.29, 0.717) is 17.8 Å². The average Bonchev–Trinajstić information content (AvgIpc) is 2.38. The summed E-state index contributed by atoms with van der Waals surface area (Å²) < 4.78 is 0. The molecule has 0 unspecified atom stereocenters. The largest absolute Gasteiger partial charge is 0.409 e. The van der Waals surface area contributed by atoms with Crippen molar-refractivity contribution in [2.24, 2.45) is 10.9 Å². The summed E-state index contributed by atoms with van der Waals surface area (Å²) in [6.45, 7) is 2.69. The molecule has 0 fully saturated rings. The molecule has 0 atom stereocenters. The molecule has 0 spiro atoms. The van der Waals surface area contributed by atoms with Gasteiger partial charge >= 0.3 is 0 Å². The summed E-state index contributed by atoms with van der Waals surface area (Å²) in [5.41, 5.74) is 6.16. The monoisotopic (exact) mass is 236 g/mol. The van der Waals surface area contributed by atoms with E-state index in [1.165, 1.54) is 12.3 Å². The number of nitrogens with zero attached hydrogens (tertiary/aromatic N) is 2. The highest BCUT2D eigenvalue weighted by molar-refractivity contribution is 5.98. The molecule has 6 heteroatoms. The zero-order chi connectivity index (χ0) is 12.7. The third kappa shape index (κ3) is 3.75. The van der Waals surface area contributed by atoms with Gasteiger partial charge in [-0.05, 0) is 18.6 Å². The lowest BCUT2D eigenvalue weighted by Crippen LogP contribution is -2.25. The Morgan fingerprint density at radius 1 is 1.59 bits per heavy atom. The summed E-state index contributed by atoms with van der Waals surface area (Å²) in [4.78, 5) is 15.5. The SMILES string of the molecule is CCCCNC(=O)c1ccc(/C(N)=N/O)cn1. The second kappa shape index (κ2) is 6.47. The fourth-order valence-corrected chi connectivity index (χ4v) is 1.21. The maximum atomic E-state index is 11.6. The molecule has 0 aliphatic carbocycles. The number of amides is 1. The van der Waals surface area contributed by atoms with Gasteiger partial charge in [0.05, 0.1) is 0 Å². The Kier molecular flexibility index (Phi) is 4.93. The van der Waals surface area contributed by atoms with Gasteiger partial charge in [-0.25, -0.2) is 0 Å². The summed E-state index contributed by atoms with van der Waals surface area (Å²) >= 11 is 0. The first-order chi connectivity index (χ1) is 8.19. The maximum Gasteiger partial charge on any atom is 0.269 e. The molecule has 1 amide bonds. The molecule has 17 heavy (non-hydrogen) atoms. The quantitative estimate of drug-likeness (QED) is 0.230. The Labute approximate surface area is 99.5 Å². The lowest BCUT2D eigenvalue weighted by molar-refractivity contribution is 0.0948. The molecule has 4 N–H and O–H groups in total. The number of rotatable bonds is 5. The van der Waals surface area contributed by atoms with E-state index in [1.54, 1.807) is 6.07 Å². The van der Waals surface area contributed by atoms with Gasteiger partial charge < -0.3 is 16.3 Å². The summed E-state index contributed by atoms with van der Waals surface area (Å²) in [5, 5.41) is 14.1. The fourth-order valence-electron chi connectivity index (χ4n) is 1.21. The van der Waals surface area contributed by atoms with E-state index in [2.05, 4.69) is 22.4 Å². The van der Waals surface area contributed by atoms with Crippen molar-refractivity contribution in [1.29, 1.82) is 0 Å². The fraction of sp³-hybridized carbons (Fsp3) is 0.364. The van der Waals surface area contributed by atoms with Crippen molar-refractivity contribution in [2.45, 2.75) is 19.8 Å². The third-order valence-electron chi connectivity index (χ3n) is 2.22. The minimum absolute atomic E-state index is 0.0320. The number of hydrogen-bond donors (Lipinski definition) is 3. The predicted octanol–water partition coefficient (Wildman–Crippen LogP) is 0.706. The van der Waals surface area contributed by atoms with Gasteiger partial charge in [-0.2, -0.15) is 0 Å². The summed E-state index contributed by atoms with van der Waals surface area (Å²) in [7, 11) is 0. The van der Waals surface area contributed by atoms with E-state index in [-0.39, 0.29) is 11.7 Å². The van der Waals surface area contributed by atoms with E-state index < -0.39 is 0 Å². The van der Waals surface area contributed by atoms with Crippen LogP contribution in [-0.4, -0.2) is 28.5 Å². The van der Waals surface area contributed by atoms with Gasteiger partial charge in [-0.3, -0.25) is 9.78 Å². The van der Waals surface area contributed by atoms with Crippen molar-refractivity contribution in [3.8, 4) is 0 Å². The van der Waals surface area contributed by atoms with Crippen LogP contribution in [0.2, 0.25) is 0 Å². The minimum Gasteiger partial charge on any atom is -0.409 e. The molecule has 0 aromatic carbocycles. The zero-order valence-electron chi connectivity index (χ0n) is 9.68. The highest BCUT2D eigenvalue weighted by atomic mass is 16.4. The van der Waals surface area contributed by atoms with Gasteiger partial charge in [0.25, 0.3) is 5.91 Å². The van der Waals surface area contributed by atoms with Crippen LogP contribution < -0.4 is 11.1 Å². The molecule has 0 saturated carbocycles. The van der Waals surface area contributed by atoms with Crippen molar-refractivity contribution >= 4 is 11.7 Å². The van der Waals surface area contributed by atoms with Gasteiger partial charge in [-0.1, -0.05) is 18.5 Å². The molecule has 92 valence electrons. The zero-order valence-corrected chi connectivity index (χ0v) is 9.68.